The summed E-state index contributed by atoms with van der Waals surface area (Å²) >= 11 is 0. The molecule has 0 amide bonds. The molecule has 0 radical (unpaired) electrons. The van der Waals surface area contributed by atoms with E-state index in [4.69, 9.17) is 9.47 Å². The van der Waals surface area contributed by atoms with Crippen LogP contribution in [0.3, 0.4) is 0 Å². The third-order valence-electron chi connectivity index (χ3n) is 5.25. The standard InChI is InChI=1S/C23H33N5O2/c1-24-23(26-16-20-10-11-22(25-15-20)30-14-13-29-2)27-17-21-9-6-12-28(21)18-19-7-4-3-5-8-19/h3-5,7-8,10-11,15,21H,6,9,12-14,16-18H2,1-2H3,(H2,24,26,27). The molecule has 1 saturated heterocycles. The second kappa shape index (κ2) is 12.1. The molecule has 1 aromatic heterocycles. The van der Waals surface area contributed by atoms with E-state index in [1.165, 1.54) is 18.4 Å². The molecule has 0 bridgehead atoms. The Kier molecular flexibility index (Phi) is 8.93. The fourth-order valence-electron chi connectivity index (χ4n) is 3.60. The molecule has 0 saturated carbocycles. The molecule has 1 aliphatic heterocycles. The normalized spacial score (nSPS) is 17.1. The van der Waals surface area contributed by atoms with E-state index in [9.17, 15) is 0 Å². The topological polar surface area (TPSA) is 71.0 Å². The molecule has 1 atom stereocenters. The van der Waals surface area contributed by atoms with Crippen LogP contribution >= 0.6 is 0 Å². The van der Waals surface area contributed by atoms with E-state index in [1.54, 1.807) is 14.2 Å². The molecule has 2 heterocycles. The van der Waals surface area contributed by atoms with Crippen molar-refractivity contribution in [1.82, 2.24) is 20.5 Å². The molecule has 162 valence electrons. The maximum atomic E-state index is 5.50. The van der Waals surface area contributed by atoms with E-state index < -0.39 is 0 Å². The van der Waals surface area contributed by atoms with E-state index in [0.29, 0.717) is 31.7 Å². The lowest BCUT2D eigenvalue weighted by Gasteiger charge is -2.25. The van der Waals surface area contributed by atoms with Crippen LogP contribution in [-0.2, 0) is 17.8 Å². The molecule has 30 heavy (non-hydrogen) atoms. The summed E-state index contributed by atoms with van der Waals surface area (Å²) in [6.07, 6.45) is 4.28. The van der Waals surface area contributed by atoms with Crippen LogP contribution < -0.4 is 15.4 Å². The van der Waals surface area contributed by atoms with Gasteiger partial charge in [-0.2, -0.15) is 0 Å². The number of likely N-dealkylation sites (tertiary alicyclic amines) is 1. The molecule has 2 N–H and O–H groups in total. The van der Waals surface area contributed by atoms with Crippen molar-refractivity contribution in [3.05, 3.63) is 59.8 Å². The molecule has 0 aliphatic carbocycles. The van der Waals surface area contributed by atoms with Crippen LogP contribution in [0.4, 0.5) is 0 Å². The van der Waals surface area contributed by atoms with Crippen LogP contribution in [0.5, 0.6) is 5.88 Å². The van der Waals surface area contributed by atoms with Gasteiger partial charge in [0.1, 0.15) is 6.61 Å². The number of ether oxygens (including phenoxy) is 2. The highest BCUT2D eigenvalue weighted by molar-refractivity contribution is 5.79. The summed E-state index contributed by atoms with van der Waals surface area (Å²) in [6.45, 7) is 4.75. The van der Waals surface area contributed by atoms with Gasteiger partial charge in [-0.25, -0.2) is 4.98 Å². The van der Waals surface area contributed by atoms with Gasteiger partial charge in [0.2, 0.25) is 5.88 Å². The van der Waals surface area contributed by atoms with Crippen molar-refractivity contribution < 1.29 is 9.47 Å². The van der Waals surface area contributed by atoms with Gasteiger partial charge in [-0.05, 0) is 30.5 Å². The van der Waals surface area contributed by atoms with Crippen molar-refractivity contribution in [2.75, 3.05) is 40.5 Å². The van der Waals surface area contributed by atoms with Crippen molar-refractivity contribution in [2.45, 2.75) is 32.0 Å². The summed E-state index contributed by atoms with van der Waals surface area (Å²) in [7, 11) is 3.46. The molecule has 1 aliphatic rings. The number of benzene rings is 1. The molecule has 2 aromatic rings. The fraction of sp³-hybridized carbons (Fsp3) is 0.478. The number of hydrogen-bond acceptors (Lipinski definition) is 5. The van der Waals surface area contributed by atoms with Gasteiger partial charge in [0.25, 0.3) is 0 Å². The van der Waals surface area contributed by atoms with E-state index in [-0.39, 0.29) is 0 Å². The van der Waals surface area contributed by atoms with Crippen LogP contribution in [0.25, 0.3) is 0 Å². The van der Waals surface area contributed by atoms with Crippen LogP contribution in [-0.4, -0.2) is 62.3 Å². The Labute approximate surface area is 179 Å². The predicted octanol–water partition coefficient (Wildman–Crippen LogP) is 2.44. The zero-order valence-corrected chi connectivity index (χ0v) is 18.0. The first kappa shape index (κ1) is 22.1. The number of guanidine groups is 1. The van der Waals surface area contributed by atoms with E-state index in [0.717, 1.165) is 31.2 Å². The highest BCUT2D eigenvalue weighted by atomic mass is 16.5. The highest BCUT2D eigenvalue weighted by Gasteiger charge is 2.24. The molecular formula is C23H33N5O2. The average molecular weight is 412 g/mol. The lowest BCUT2D eigenvalue weighted by molar-refractivity contribution is 0.143. The number of pyridine rings is 1. The number of nitrogens with zero attached hydrogens (tertiary/aromatic N) is 3. The zero-order chi connectivity index (χ0) is 21.0. The third-order valence-corrected chi connectivity index (χ3v) is 5.25. The summed E-state index contributed by atoms with van der Waals surface area (Å²) < 4.78 is 10.5. The van der Waals surface area contributed by atoms with Crippen molar-refractivity contribution in [3.8, 4) is 5.88 Å². The van der Waals surface area contributed by atoms with Gasteiger partial charge in [0.05, 0.1) is 6.61 Å². The second-order valence-corrected chi connectivity index (χ2v) is 7.40. The Morgan fingerprint density at radius 2 is 2.00 bits per heavy atom. The molecule has 1 unspecified atom stereocenters. The first-order valence-electron chi connectivity index (χ1n) is 10.6. The minimum Gasteiger partial charge on any atom is -0.475 e. The average Bonchev–Trinajstić information content (AvgIpc) is 3.22. The van der Waals surface area contributed by atoms with E-state index >= 15 is 0 Å². The molecule has 0 spiro atoms. The smallest absolute Gasteiger partial charge is 0.213 e. The Hall–Kier alpha value is -2.64. The minimum absolute atomic E-state index is 0.500. The van der Waals surface area contributed by atoms with Crippen molar-refractivity contribution in [2.24, 2.45) is 4.99 Å². The largest absolute Gasteiger partial charge is 0.475 e. The van der Waals surface area contributed by atoms with Crippen LogP contribution in [0.15, 0.2) is 53.7 Å². The van der Waals surface area contributed by atoms with Gasteiger partial charge >= 0.3 is 0 Å². The monoisotopic (exact) mass is 411 g/mol. The molecular weight excluding hydrogens is 378 g/mol. The summed E-state index contributed by atoms with van der Waals surface area (Å²) in [4.78, 5) is 11.2. The van der Waals surface area contributed by atoms with Gasteiger partial charge in [-0.1, -0.05) is 36.4 Å². The van der Waals surface area contributed by atoms with E-state index in [1.807, 2.05) is 18.3 Å². The maximum Gasteiger partial charge on any atom is 0.213 e. The van der Waals surface area contributed by atoms with Gasteiger partial charge < -0.3 is 20.1 Å². The summed E-state index contributed by atoms with van der Waals surface area (Å²) in [6, 6.07) is 15.1. The second-order valence-electron chi connectivity index (χ2n) is 7.40. The molecule has 3 rings (SSSR count). The molecule has 7 heteroatoms. The molecule has 1 fully saturated rings. The van der Waals surface area contributed by atoms with Crippen molar-refractivity contribution in [3.63, 3.8) is 0 Å². The SMILES string of the molecule is CN=C(NCc1ccc(OCCOC)nc1)NCC1CCCN1Cc1ccccc1. The quantitative estimate of drug-likeness (QED) is 0.356. The Morgan fingerprint density at radius 3 is 2.73 bits per heavy atom. The molecule has 1 aromatic carbocycles. The number of aliphatic imine (C=N–C) groups is 1. The predicted molar refractivity (Wildman–Crippen MR) is 120 cm³/mol. The first-order chi connectivity index (χ1) is 14.8. The Bertz CT molecular complexity index is 767. The van der Waals surface area contributed by atoms with Gasteiger partial charge in [0, 0.05) is 52.1 Å². The van der Waals surface area contributed by atoms with Gasteiger partial charge in [-0.3, -0.25) is 9.89 Å². The van der Waals surface area contributed by atoms with Crippen LogP contribution in [0.2, 0.25) is 0 Å². The lowest BCUT2D eigenvalue weighted by Crippen LogP contribution is -2.44. The maximum absolute atomic E-state index is 5.50. The molecule has 7 nitrogen and oxygen atoms in total. The third kappa shape index (κ3) is 7.00. The number of rotatable bonds is 10. The Balaban J connectivity index is 1.42. The Morgan fingerprint density at radius 1 is 1.13 bits per heavy atom. The van der Waals surface area contributed by atoms with E-state index in [2.05, 4.69) is 55.8 Å². The lowest BCUT2D eigenvalue weighted by atomic mass is 10.2. The van der Waals surface area contributed by atoms with Crippen molar-refractivity contribution in [1.29, 1.82) is 0 Å². The summed E-state index contributed by atoms with van der Waals surface area (Å²) in [5.41, 5.74) is 2.44. The number of methoxy groups -OCH3 is 1. The number of hydrogen-bond donors (Lipinski definition) is 2. The van der Waals surface area contributed by atoms with Crippen LogP contribution in [0, 0.1) is 0 Å². The highest BCUT2D eigenvalue weighted by Crippen LogP contribution is 2.19. The van der Waals surface area contributed by atoms with Gasteiger partial charge in [0.15, 0.2) is 5.96 Å². The number of aromatic nitrogens is 1. The van der Waals surface area contributed by atoms with Crippen molar-refractivity contribution >= 4 is 5.96 Å². The van der Waals surface area contributed by atoms with Gasteiger partial charge in [-0.15, -0.1) is 0 Å². The minimum atomic E-state index is 0.500. The zero-order valence-electron chi connectivity index (χ0n) is 18.0. The van der Waals surface area contributed by atoms with Crippen LogP contribution in [0.1, 0.15) is 24.0 Å². The fourth-order valence-corrected chi connectivity index (χ4v) is 3.60. The number of nitrogens with one attached hydrogen (secondary N) is 2. The summed E-state index contributed by atoms with van der Waals surface area (Å²) in [5.74, 6) is 1.42. The summed E-state index contributed by atoms with van der Waals surface area (Å²) in [5, 5.41) is 6.85. The first-order valence-corrected chi connectivity index (χ1v) is 10.6.